The minimum atomic E-state index is -3.43. The van der Waals surface area contributed by atoms with Gasteiger partial charge in [0.05, 0.1) is 17.6 Å². The molecule has 106 valence electrons. The van der Waals surface area contributed by atoms with E-state index in [1.807, 2.05) is 37.3 Å². The second kappa shape index (κ2) is 5.16. The number of nitrogens with zero attached hydrogens (tertiary/aromatic N) is 1. The average Bonchev–Trinajstić information content (AvgIpc) is 2.46. The highest BCUT2D eigenvalue weighted by Gasteiger charge is 2.29. The third-order valence-electron chi connectivity index (χ3n) is 3.56. The van der Waals surface area contributed by atoms with Crippen molar-refractivity contribution >= 4 is 20.8 Å². The molecule has 20 heavy (non-hydrogen) atoms. The highest BCUT2D eigenvalue weighted by atomic mass is 32.2. The van der Waals surface area contributed by atoms with Gasteiger partial charge in [-0.15, -0.1) is 0 Å². The summed E-state index contributed by atoms with van der Waals surface area (Å²) in [5.41, 5.74) is 0. The maximum Gasteiger partial charge on any atom is 0.243 e. The molecule has 1 aliphatic rings. The van der Waals surface area contributed by atoms with Gasteiger partial charge in [0, 0.05) is 13.1 Å². The van der Waals surface area contributed by atoms with Gasteiger partial charge in [0.1, 0.15) is 0 Å². The van der Waals surface area contributed by atoms with Crippen LogP contribution < -0.4 is 0 Å². The lowest BCUT2D eigenvalue weighted by molar-refractivity contribution is 0.0102. The first kappa shape index (κ1) is 13.5. The summed E-state index contributed by atoms with van der Waals surface area (Å²) < 4.78 is 32.2. The van der Waals surface area contributed by atoms with Gasteiger partial charge in [0.25, 0.3) is 0 Å². The van der Waals surface area contributed by atoms with E-state index in [0.29, 0.717) is 24.6 Å². The summed E-state index contributed by atoms with van der Waals surface area (Å²) in [5, 5.41) is 1.98. The van der Waals surface area contributed by atoms with E-state index in [2.05, 4.69) is 0 Å². The van der Waals surface area contributed by atoms with Crippen molar-refractivity contribution in [2.75, 3.05) is 19.7 Å². The molecule has 0 spiro atoms. The number of morpholine rings is 1. The van der Waals surface area contributed by atoms with Crippen LogP contribution in [0.3, 0.4) is 0 Å². The van der Waals surface area contributed by atoms with Crippen LogP contribution in [0.2, 0.25) is 0 Å². The molecule has 1 fully saturated rings. The van der Waals surface area contributed by atoms with Crippen LogP contribution in [-0.4, -0.2) is 38.5 Å². The lowest BCUT2D eigenvalue weighted by Crippen LogP contribution is -2.44. The third kappa shape index (κ3) is 2.44. The third-order valence-corrected chi connectivity index (χ3v) is 5.42. The molecular formula is C15H17NO3S. The Kier molecular flexibility index (Phi) is 3.50. The van der Waals surface area contributed by atoms with Gasteiger partial charge in [-0.05, 0) is 29.8 Å². The topological polar surface area (TPSA) is 46.6 Å². The van der Waals surface area contributed by atoms with Crippen molar-refractivity contribution in [2.24, 2.45) is 0 Å². The molecule has 0 N–H and O–H groups in total. The minimum absolute atomic E-state index is 0.0565. The first-order valence-corrected chi connectivity index (χ1v) is 8.12. The highest BCUT2D eigenvalue weighted by molar-refractivity contribution is 7.89. The molecule has 0 saturated carbocycles. The largest absolute Gasteiger partial charge is 0.376 e. The van der Waals surface area contributed by atoms with E-state index in [1.165, 1.54) is 4.31 Å². The summed E-state index contributed by atoms with van der Waals surface area (Å²) in [6.07, 6.45) is -0.0565. The van der Waals surface area contributed by atoms with Crippen molar-refractivity contribution < 1.29 is 13.2 Å². The summed E-state index contributed by atoms with van der Waals surface area (Å²) in [4.78, 5) is 0.352. The number of hydrogen-bond acceptors (Lipinski definition) is 3. The van der Waals surface area contributed by atoms with Crippen molar-refractivity contribution in [3.8, 4) is 0 Å². The standard InChI is InChI=1S/C15H17NO3S/c1-12-11-16(8-9-19-12)20(17,18)15-7-6-13-4-2-3-5-14(13)10-15/h2-7,10,12H,8-9,11H2,1H3. The Labute approximate surface area is 119 Å². The second-order valence-electron chi connectivity index (χ2n) is 5.05. The van der Waals surface area contributed by atoms with E-state index in [-0.39, 0.29) is 6.10 Å². The normalized spacial score (nSPS) is 21.1. The predicted molar refractivity (Wildman–Crippen MR) is 78.1 cm³/mol. The maximum atomic E-state index is 12.6. The van der Waals surface area contributed by atoms with E-state index >= 15 is 0 Å². The number of benzene rings is 2. The van der Waals surface area contributed by atoms with Crippen molar-refractivity contribution in [3.05, 3.63) is 42.5 Å². The highest BCUT2D eigenvalue weighted by Crippen LogP contribution is 2.23. The Morgan fingerprint density at radius 2 is 1.90 bits per heavy atom. The Hall–Kier alpha value is -1.43. The Balaban J connectivity index is 2.00. The molecule has 4 nitrogen and oxygen atoms in total. The molecule has 5 heteroatoms. The summed E-state index contributed by atoms with van der Waals surface area (Å²) in [5.74, 6) is 0. The quantitative estimate of drug-likeness (QED) is 0.852. The van der Waals surface area contributed by atoms with Crippen molar-refractivity contribution in [1.29, 1.82) is 0 Å². The monoisotopic (exact) mass is 291 g/mol. The van der Waals surface area contributed by atoms with Crippen LogP contribution in [-0.2, 0) is 14.8 Å². The van der Waals surface area contributed by atoms with E-state index in [9.17, 15) is 8.42 Å². The molecule has 1 heterocycles. The molecule has 0 amide bonds. The molecule has 1 aliphatic heterocycles. The number of ether oxygens (including phenoxy) is 1. The summed E-state index contributed by atoms with van der Waals surface area (Å²) in [6.45, 7) is 3.17. The molecule has 0 aliphatic carbocycles. The minimum Gasteiger partial charge on any atom is -0.376 e. The van der Waals surface area contributed by atoms with Crippen molar-refractivity contribution in [1.82, 2.24) is 4.31 Å². The van der Waals surface area contributed by atoms with E-state index < -0.39 is 10.0 Å². The number of fused-ring (bicyclic) bond motifs is 1. The molecule has 0 bridgehead atoms. The van der Waals surface area contributed by atoms with Gasteiger partial charge in [0.15, 0.2) is 0 Å². The molecule has 2 aromatic carbocycles. The van der Waals surface area contributed by atoms with Gasteiger partial charge in [0.2, 0.25) is 10.0 Å². The number of rotatable bonds is 2. The van der Waals surface area contributed by atoms with Gasteiger partial charge in [-0.25, -0.2) is 8.42 Å². The fraction of sp³-hybridized carbons (Fsp3) is 0.333. The Morgan fingerprint density at radius 1 is 1.15 bits per heavy atom. The lowest BCUT2D eigenvalue weighted by Gasteiger charge is -2.30. The van der Waals surface area contributed by atoms with Gasteiger partial charge < -0.3 is 4.74 Å². The van der Waals surface area contributed by atoms with E-state index in [1.54, 1.807) is 12.1 Å². The number of hydrogen-bond donors (Lipinski definition) is 0. The van der Waals surface area contributed by atoms with Crippen molar-refractivity contribution in [3.63, 3.8) is 0 Å². The zero-order valence-corrected chi connectivity index (χ0v) is 12.1. The van der Waals surface area contributed by atoms with Crippen LogP contribution in [0.4, 0.5) is 0 Å². The average molecular weight is 291 g/mol. The summed E-state index contributed by atoms with van der Waals surface area (Å²) >= 11 is 0. The van der Waals surface area contributed by atoms with Crippen LogP contribution in [0.25, 0.3) is 10.8 Å². The first-order chi connectivity index (χ1) is 9.57. The summed E-state index contributed by atoms with van der Waals surface area (Å²) in [7, 11) is -3.43. The van der Waals surface area contributed by atoms with Crippen LogP contribution in [0.15, 0.2) is 47.4 Å². The Morgan fingerprint density at radius 3 is 2.65 bits per heavy atom. The molecular weight excluding hydrogens is 274 g/mol. The summed E-state index contributed by atoms with van der Waals surface area (Å²) in [6, 6.07) is 13.0. The van der Waals surface area contributed by atoms with Gasteiger partial charge in [-0.3, -0.25) is 0 Å². The molecule has 1 atom stereocenters. The molecule has 2 aromatic rings. The number of sulfonamides is 1. The molecule has 0 aromatic heterocycles. The van der Waals surface area contributed by atoms with E-state index in [0.717, 1.165) is 10.8 Å². The fourth-order valence-corrected chi connectivity index (χ4v) is 4.02. The van der Waals surface area contributed by atoms with Crippen LogP contribution in [0, 0.1) is 0 Å². The van der Waals surface area contributed by atoms with Crippen LogP contribution in [0.5, 0.6) is 0 Å². The predicted octanol–water partition coefficient (Wildman–Crippen LogP) is 2.25. The molecule has 3 rings (SSSR count). The van der Waals surface area contributed by atoms with Gasteiger partial charge in [-0.2, -0.15) is 4.31 Å². The van der Waals surface area contributed by atoms with Gasteiger partial charge in [-0.1, -0.05) is 30.3 Å². The van der Waals surface area contributed by atoms with Crippen molar-refractivity contribution in [2.45, 2.75) is 17.9 Å². The van der Waals surface area contributed by atoms with Crippen LogP contribution >= 0.6 is 0 Å². The smallest absolute Gasteiger partial charge is 0.243 e. The fourth-order valence-electron chi connectivity index (χ4n) is 2.48. The zero-order valence-electron chi connectivity index (χ0n) is 11.3. The SMILES string of the molecule is CC1CN(S(=O)(=O)c2ccc3ccccc3c2)CCO1. The van der Waals surface area contributed by atoms with Crippen LogP contribution in [0.1, 0.15) is 6.92 Å². The lowest BCUT2D eigenvalue weighted by atomic mass is 10.1. The Bertz CT molecular complexity index is 727. The molecule has 1 saturated heterocycles. The molecule has 1 unspecified atom stereocenters. The second-order valence-corrected chi connectivity index (χ2v) is 6.99. The maximum absolute atomic E-state index is 12.6. The first-order valence-electron chi connectivity index (χ1n) is 6.68. The van der Waals surface area contributed by atoms with E-state index in [4.69, 9.17) is 4.74 Å². The molecule has 0 radical (unpaired) electrons. The zero-order chi connectivity index (χ0) is 14.2. The van der Waals surface area contributed by atoms with Gasteiger partial charge >= 0.3 is 0 Å².